The average Bonchev–Trinajstić information content (AvgIpc) is 2.87. The van der Waals surface area contributed by atoms with Crippen LogP contribution in [0.1, 0.15) is 24.7 Å². The molecule has 1 aromatic heterocycles. The molecule has 2 saturated heterocycles. The van der Waals surface area contributed by atoms with Crippen LogP contribution < -0.4 is 0 Å². The number of tetrazole rings is 1. The molecule has 12 heteroatoms. The van der Waals surface area contributed by atoms with Crippen LogP contribution in [0.4, 0.5) is 4.79 Å². The Kier molecular flexibility index (Phi) is 2.88. The molecule has 20 heavy (non-hydrogen) atoms. The van der Waals surface area contributed by atoms with Crippen molar-refractivity contribution in [3.8, 4) is 0 Å². The normalized spacial score (nSPS) is 26.4. The van der Waals surface area contributed by atoms with E-state index in [0.29, 0.717) is 30.3 Å². The molecule has 0 spiro atoms. The van der Waals surface area contributed by atoms with Crippen LogP contribution in [0, 0.1) is 0 Å². The standard InChI is InChI=1S/C8H12N6O5S/c1-12-7(9-10-11-12)6-3-2-5-4-13(6)8(15)14(5)19-20(16,17)18/h5-6H,2-4H2,1H3,(H,16,17,18)/t5-,6+/m1/s1. The fourth-order valence-electron chi connectivity index (χ4n) is 2.62. The minimum absolute atomic E-state index is 0.297. The topological polar surface area (TPSA) is 131 Å². The van der Waals surface area contributed by atoms with Crippen LogP contribution in [-0.4, -0.2) is 61.8 Å². The maximum Gasteiger partial charge on any atom is 0.418 e. The third kappa shape index (κ3) is 2.10. The number of hydrogen-bond donors (Lipinski definition) is 1. The van der Waals surface area contributed by atoms with Gasteiger partial charge in [-0.15, -0.1) is 9.38 Å². The summed E-state index contributed by atoms with van der Waals surface area (Å²) < 4.78 is 36.0. The van der Waals surface area contributed by atoms with Crippen molar-refractivity contribution in [2.75, 3.05) is 6.54 Å². The first-order valence-corrected chi connectivity index (χ1v) is 7.22. The number of aryl methyl sites for hydroxylation is 1. The van der Waals surface area contributed by atoms with Crippen molar-refractivity contribution in [3.63, 3.8) is 0 Å². The molecule has 2 atom stereocenters. The Labute approximate surface area is 114 Å². The highest BCUT2D eigenvalue weighted by Gasteiger charge is 2.48. The molecular formula is C8H12N6O5S. The van der Waals surface area contributed by atoms with E-state index in [4.69, 9.17) is 4.55 Å². The lowest BCUT2D eigenvalue weighted by Gasteiger charge is -2.28. The summed E-state index contributed by atoms with van der Waals surface area (Å²) in [6.45, 7) is 0.297. The van der Waals surface area contributed by atoms with E-state index >= 15 is 0 Å². The second kappa shape index (κ2) is 4.36. The van der Waals surface area contributed by atoms with Gasteiger partial charge in [-0.1, -0.05) is 0 Å². The van der Waals surface area contributed by atoms with Gasteiger partial charge in [0.2, 0.25) is 0 Å². The molecule has 110 valence electrons. The van der Waals surface area contributed by atoms with Crippen molar-refractivity contribution in [3.05, 3.63) is 5.82 Å². The van der Waals surface area contributed by atoms with E-state index in [1.165, 1.54) is 9.58 Å². The molecule has 2 aliphatic rings. The molecule has 2 aliphatic heterocycles. The zero-order valence-corrected chi connectivity index (χ0v) is 11.3. The first kappa shape index (κ1) is 13.2. The van der Waals surface area contributed by atoms with Gasteiger partial charge in [0.25, 0.3) is 0 Å². The summed E-state index contributed by atoms with van der Waals surface area (Å²) in [5, 5.41) is 11.8. The van der Waals surface area contributed by atoms with Gasteiger partial charge in [-0.3, -0.25) is 4.55 Å². The third-order valence-electron chi connectivity index (χ3n) is 3.45. The summed E-state index contributed by atoms with van der Waals surface area (Å²) in [6, 6.07) is -1.38. The van der Waals surface area contributed by atoms with Gasteiger partial charge in [0, 0.05) is 13.6 Å². The molecule has 0 unspecified atom stereocenters. The van der Waals surface area contributed by atoms with E-state index in [-0.39, 0.29) is 6.04 Å². The van der Waals surface area contributed by atoms with Gasteiger partial charge in [-0.05, 0) is 23.3 Å². The number of nitrogens with zero attached hydrogens (tertiary/aromatic N) is 6. The fourth-order valence-corrected chi connectivity index (χ4v) is 3.01. The minimum atomic E-state index is -4.73. The highest BCUT2D eigenvalue weighted by atomic mass is 32.3. The Morgan fingerprint density at radius 1 is 1.40 bits per heavy atom. The van der Waals surface area contributed by atoms with E-state index in [0.717, 1.165) is 0 Å². The molecule has 2 fully saturated rings. The second-order valence-corrected chi connectivity index (χ2v) is 5.68. The quantitative estimate of drug-likeness (QED) is 0.695. The molecular weight excluding hydrogens is 292 g/mol. The molecule has 0 aliphatic carbocycles. The maximum atomic E-state index is 12.2. The van der Waals surface area contributed by atoms with Crippen LogP contribution in [0.2, 0.25) is 0 Å². The molecule has 1 aromatic rings. The van der Waals surface area contributed by atoms with Crippen LogP contribution in [0.5, 0.6) is 0 Å². The molecule has 1 N–H and O–H groups in total. The predicted octanol–water partition coefficient (Wildman–Crippen LogP) is -1.11. The molecule has 2 amide bonds. The summed E-state index contributed by atoms with van der Waals surface area (Å²) in [5.41, 5.74) is 0. The number of carbonyl (C=O) groups excluding carboxylic acids is 1. The van der Waals surface area contributed by atoms with Crippen LogP contribution in [0.15, 0.2) is 0 Å². The van der Waals surface area contributed by atoms with Crippen molar-refractivity contribution in [1.82, 2.24) is 30.2 Å². The lowest BCUT2D eigenvalue weighted by atomic mass is 10.0. The first-order valence-electron chi connectivity index (χ1n) is 5.86. The number of aromatic nitrogens is 4. The van der Waals surface area contributed by atoms with Crippen molar-refractivity contribution in [1.29, 1.82) is 0 Å². The van der Waals surface area contributed by atoms with Gasteiger partial charge in [0.05, 0.1) is 12.1 Å². The molecule has 0 aromatic carbocycles. The molecule has 0 saturated carbocycles. The number of hydrogen-bond acceptors (Lipinski definition) is 7. The summed E-state index contributed by atoms with van der Waals surface area (Å²) in [7, 11) is -3.06. The number of amides is 2. The minimum Gasteiger partial charge on any atom is -0.310 e. The Balaban J connectivity index is 1.86. The van der Waals surface area contributed by atoms with E-state index in [1.54, 1.807) is 7.05 Å². The summed E-state index contributed by atoms with van der Waals surface area (Å²) in [5.74, 6) is 0.519. The third-order valence-corrected chi connectivity index (χ3v) is 3.80. The van der Waals surface area contributed by atoms with Crippen LogP contribution in [-0.2, 0) is 21.7 Å². The zero-order chi connectivity index (χ0) is 14.5. The number of urea groups is 1. The van der Waals surface area contributed by atoms with Crippen molar-refractivity contribution in [2.24, 2.45) is 7.05 Å². The fraction of sp³-hybridized carbons (Fsp3) is 0.750. The smallest absolute Gasteiger partial charge is 0.310 e. The van der Waals surface area contributed by atoms with Gasteiger partial charge in [-0.2, -0.15) is 13.5 Å². The monoisotopic (exact) mass is 304 g/mol. The predicted molar refractivity (Wildman–Crippen MR) is 61.1 cm³/mol. The lowest BCUT2D eigenvalue weighted by Crippen LogP contribution is -2.35. The van der Waals surface area contributed by atoms with Gasteiger partial charge >= 0.3 is 16.4 Å². The highest BCUT2D eigenvalue weighted by molar-refractivity contribution is 7.80. The van der Waals surface area contributed by atoms with Crippen LogP contribution in [0.25, 0.3) is 0 Å². The number of rotatable bonds is 3. The largest absolute Gasteiger partial charge is 0.418 e. The second-order valence-electron chi connectivity index (χ2n) is 4.67. The lowest BCUT2D eigenvalue weighted by molar-refractivity contribution is -0.0317. The molecule has 2 bridgehead atoms. The Morgan fingerprint density at radius 2 is 2.15 bits per heavy atom. The molecule has 0 radical (unpaired) electrons. The number of fused-ring (bicyclic) bond motifs is 2. The number of hydroxylamine groups is 2. The van der Waals surface area contributed by atoms with Gasteiger partial charge in [0.15, 0.2) is 5.82 Å². The molecule has 3 rings (SSSR count). The maximum absolute atomic E-state index is 12.2. The molecule has 11 nitrogen and oxygen atoms in total. The van der Waals surface area contributed by atoms with Gasteiger partial charge < -0.3 is 4.90 Å². The Bertz CT molecular complexity index is 644. The first-order chi connectivity index (χ1) is 9.37. The van der Waals surface area contributed by atoms with Crippen molar-refractivity contribution < 1.29 is 22.0 Å². The van der Waals surface area contributed by atoms with E-state index < -0.39 is 22.5 Å². The SMILES string of the molecule is Cn1nnnc1[C@@H]1CC[C@@H]2CN1C(=O)N2OS(=O)(=O)O. The molecule has 3 heterocycles. The van der Waals surface area contributed by atoms with Gasteiger partial charge in [0.1, 0.15) is 0 Å². The number of piperidine rings is 1. The average molecular weight is 304 g/mol. The van der Waals surface area contributed by atoms with Crippen molar-refractivity contribution >= 4 is 16.4 Å². The number of carbonyl (C=O) groups is 1. The van der Waals surface area contributed by atoms with Crippen molar-refractivity contribution in [2.45, 2.75) is 24.9 Å². The van der Waals surface area contributed by atoms with E-state index in [1.807, 2.05) is 0 Å². The van der Waals surface area contributed by atoms with Gasteiger partial charge in [-0.25, -0.2) is 9.48 Å². The highest BCUT2D eigenvalue weighted by Crippen LogP contribution is 2.37. The Hall–Kier alpha value is -1.79. The zero-order valence-electron chi connectivity index (χ0n) is 10.4. The summed E-state index contributed by atoms with van der Waals surface area (Å²) in [4.78, 5) is 13.6. The van der Waals surface area contributed by atoms with Crippen LogP contribution >= 0.6 is 0 Å². The Morgan fingerprint density at radius 3 is 2.75 bits per heavy atom. The summed E-state index contributed by atoms with van der Waals surface area (Å²) in [6.07, 6.45) is 1.10. The summed E-state index contributed by atoms with van der Waals surface area (Å²) >= 11 is 0. The van der Waals surface area contributed by atoms with E-state index in [9.17, 15) is 13.2 Å². The van der Waals surface area contributed by atoms with Crippen LogP contribution in [0.3, 0.4) is 0 Å². The van der Waals surface area contributed by atoms with E-state index in [2.05, 4.69) is 19.8 Å².